The van der Waals surface area contributed by atoms with Gasteiger partial charge < -0.3 is 21.9 Å². The number of aliphatic hydroxyl groups excluding tert-OH is 1. The molecule has 1 heterocycles. The summed E-state index contributed by atoms with van der Waals surface area (Å²) in [6, 6.07) is 2.83. The number of hydrogen-bond donors (Lipinski definition) is 5. The molecule has 0 unspecified atom stereocenters. The first-order chi connectivity index (χ1) is 9.56. The average molecular weight is 279 g/mol. The van der Waals surface area contributed by atoms with Gasteiger partial charge in [-0.3, -0.25) is 9.59 Å². The molecule has 0 spiro atoms. The van der Waals surface area contributed by atoms with Crippen molar-refractivity contribution >= 4 is 23.2 Å². The van der Waals surface area contributed by atoms with Crippen LogP contribution in [0.15, 0.2) is 12.1 Å². The number of carbonyl (C=O) groups is 2. The van der Waals surface area contributed by atoms with Crippen molar-refractivity contribution in [2.24, 2.45) is 0 Å². The molecule has 108 valence electrons. The van der Waals surface area contributed by atoms with Crippen molar-refractivity contribution in [2.75, 3.05) is 37.7 Å². The van der Waals surface area contributed by atoms with E-state index in [1.165, 1.54) is 12.1 Å². The van der Waals surface area contributed by atoms with Crippen LogP contribution in [0, 0.1) is 0 Å². The molecule has 8 nitrogen and oxygen atoms in total. The number of nitrogens with zero attached hydrogens (tertiary/aromatic N) is 1. The van der Waals surface area contributed by atoms with Gasteiger partial charge >= 0.3 is 0 Å². The van der Waals surface area contributed by atoms with E-state index in [-0.39, 0.29) is 29.1 Å². The van der Waals surface area contributed by atoms with E-state index in [1.54, 1.807) is 0 Å². The van der Waals surface area contributed by atoms with Gasteiger partial charge in [0.15, 0.2) is 0 Å². The third-order valence-electron chi connectivity index (χ3n) is 2.95. The molecule has 2 amide bonds. The molecule has 20 heavy (non-hydrogen) atoms. The van der Waals surface area contributed by atoms with Crippen LogP contribution >= 0.6 is 0 Å². The number of nitrogens with two attached hydrogens (primary N) is 2. The second-order valence-corrected chi connectivity index (χ2v) is 4.35. The summed E-state index contributed by atoms with van der Waals surface area (Å²) in [4.78, 5) is 24.2. The van der Waals surface area contributed by atoms with Crippen LogP contribution in [0.1, 0.15) is 20.7 Å². The van der Waals surface area contributed by atoms with Crippen molar-refractivity contribution < 1.29 is 14.7 Å². The number of aliphatic hydroxyl groups is 1. The highest BCUT2D eigenvalue weighted by Gasteiger charge is 2.36. The van der Waals surface area contributed by atoms with Gasteiger partial charge in [-0.15, -0.1) is 0 Å². The monoisotopic (exact) mass is 279 g/mol. The van der Waals surface area contributed by atoms with Gasteiger partial charge in [-0.2, -0.15) is 0 Å². The lowest BCUT2D eigenvalue weighted by atomic mass is 10.1. The molecular formula is C12H17N5O3. The summed E-state index contributed by atoms with van der Waals surface area (Å²) in [6.45, 7) is 1.37. The molecule has 2 rings (SSSR count). The van der Waals surface area contributed by atoms with E-state index in [0.717, 1.165) is 5.01 Å². The summed E-state index contributed by atoms with van der Waals surface area (Å²) >= 11 is 0. The molecule has 1 aliphatic heterocycles. The van der Waals surface area contributed by atoms with E-state index < -0.39 is 11.8 Å². The van der Waals surface area contributed by atoms with Crippen molar-refractivity contribution in [2.45, 2.75) is 0 Å². The number of benzene rings is 1. The molecule has 1 aromatic carbocycles. The second kappa shape index (κ2) is 5.87. The van der Waals surface area contributed by atoms with Crippen molar-refractivity contribution in [3.8, 4) is 0 Å². The zero-order chi connectivity index (χ0) is 14.7. The maximum atomic E-state index is 12.1. The minimum atomic E-state index is -0.446. The average Bonchev–Trinajstić information content (AvgIpc) is 2.64. The van der Waals surface area contributed by atoms with Crippen molar-refractivity contribution in [1.29, 1.82) is 0 Å². The van der Waals surface area contributed by atoms with Crippen LogP contribution in [0.2, 0.25) is 0 Å². The number of hydrogen-bond acceptors (Lipinski definition) is 7. The number of amides is 2. The summed E-state index contributed by atoms with van der Waals surface area (Å²) in [5.74, 6) is -0.891. The topological polar surface area (TPSA) is 134 Å². The van der Waals surface area contributed by atoms with E-state index in [2.05, 4.69) is 10.7 Å². The first-order valence-electron chi connectivity index (χ1n) is 6.19. The van der Waals surface area contributed by atoms with Crippen LogP contribution in [0.5, 0.6) is 0 Å². The lowest BCUT2D eigenvalue weighted by Crippen LogP contribution is -2.45. The largest absolute Gasteiger partial charge is 0.397 e. The molecule has 0 aliphatic carbocycles. The van der Waals surface area contributed by atoms with Gasteiger partial charge in [-0.05, 0) is 12.1 Å². The fourth-order valence-electron chi connectivity index (χ4n) is 1.92. The zero-order valence-electron chi connectivity index (χ0n) is 10.8. The molecule has 0 saturated carbocycles. The number of rotatable bonds is 6. The molecule has 8 heteroatoms. The van der Waals surface area contributed by atoms with E-state index in [9.17, 15) is 9.59 Å². The molecule has 0 aromatic heterocycles. The highest BCUT2D eigenvalue weighted by molar-refractivity contribution is 6.21. The third kappa shape index (κ3) is 2.57. The lowest BCUT2D eigenvalue weighted by molar-refractivity contribution is 0.0568. The molecule has 1 aliphatic rings. The fraction of sp³-hybridized carbons (Fsp3) is 0.333. The van der Waals surface area contributed by atoms with Gasteiger partial charge in [0.2, 0.25) is 0 Å². The van der Waals surface area contributed by atoms with Gasteiger partial charge in [0.1, 0.15) is 0 Å². The first-order valence-corrected chi connectivity index (χ1v) is 6.19. The molecule has 0 fully saturated rings. The van der Waals surface area contributed by atoms with Crippen LogP contribution in [0.25, 0.3) is 0 Å². The number of nitrogen functional groups attached to an aromatic ring is 2. The van der Waals surface area contributed by atoms with Crippen molar-refractivity contribution in [1.82, 2.24) is 15.8 Å². The lowest BCUT2D eigenvalue weighted by Gasteiger charge is -2.15. The second-order valence-electron chi connectivity index (χ2n) is 4.35. The molecular weight excluding hydrogens is 262 g/mol. The van der Waals surface area contributed by atoms with Gasteiger partial charge in [0.05, 0.1) is 29.1 Å². The Hall–Kier alpha value is -2.16. The number of hydrazine groups is 1. The predicted molar refractivity (Wildman–Crippen MR) is 73.7 cm³/mol. The molecule has 1 aromatic rings. The molecule has 7 N–H and O–H groups in total. The number of fused-ring (bicyclic) bond motifs is 1. The highest BCUT2D eigenvalue weighted by atomic mass is 16.3. The van der Waals surface area contributed by atoms with Gasteiger partial charge in [0, 0.05) is 19.6 Å². The number of carbonyl (C=O) groups excluding carboxylic acids is 2. The summed E-state index contributed by atoms with van der Waals surface area (Å²) < 4.78 is 0. The highest BCUT2D eigenvalue weighted by Crippen LogP contribution is 2.27. The summed E-state index contributed by atoms with van der Waals surface area (Å²) in [6.07, 6.45) is 0. The Labute approximate surface area is 115 Å². The number of nitrogens with one attached hydrogen (secondary N) is 2. The first kappa shape index (κ1) is 14.3. The van der Waals surface area contributed by atoms with Crippen molar-refractivity contribution in [3.63, 3.8) is 0 Å². The van der Waals surface area contributed by atoms with Crippen molar-refractivity contribution in [3.05, 3.63) is 23.3 Å². The smallest absolute Gasteiger partial charge is 0.276 e. The van der Waals surface area contributed by atoms with E-state index >= 15 is 0 Å². The Morgan fingerprint density at radius 2 is 1.55 bits per heavy atom. The Morgan fingerprint density at radius 3 is 2.05 bits per heavy atom. The fourth-order valence-corrected chi connectivity index (χ4v) is 1.92. The van der Waals surface area contributed by atoms with Crippen LogP contribution in [0.4, 0.5) is 11.4 Å². The number of imide groups is 1. The molecule has 0 bridgehead atoms. The minimum Gasteiger partial charge on any atom is -0.397 e. The minimum absolute atomic E-state index is 0.0333. The summed E-state index contributed by atoms with van der Waals surface area (Å²) in [7, 11) is 0. The molecule has 0 saturated heterocycles. The summed E-state index contributed by atoms with van der Waals surface area (Å²) in [5.41, 5.74) is 15.1. The van der Waals surface area contributed by atoms with Crippen LogP contribution in [-0.4, -0.2) is 48.2 Å². The predicted octanol–water partition coefficient (Wildman–Crippen LogP) is -1.47. The quantitative estimate of drug-likeness (QED) is 0.244. The Balaban J connectivity index is 2.04. The van der Waals surface area contributed by atoms with E-state index in [1.807, 2.05) is 0 Å². The van der Waals surface area contributed by atoms with Gasteiger partial charge in [-0.1, -0.05) is 0 Å². The zero-order valence-corrected chi connectivity index (χ0v) is 10.8. The normalized spacial score (nSPS) is 13.9. The Morgan fingerprint density at radius 1 is 1.00 bits per heavy atom. The van der Waals surface area contributed by atoms with E-state index in [0.29, 0.717) is 19.6 Å². The SMILES string of the molecule is Nc1cc2c(cc1N)C(=O)N(NCCNCCO)C2=O. The van der Waals surface area contributed by atoms with E-state index in [4.69, 9.17) is 16.6 Å². The van der Waals surface area contributed by atoms with Gasteiger partial charge in [0.25, 0.3) is 11.8 Å². The van der Waals surface area contributed by atoms with Crippen LogP contribution in [0.3, 0.4) is 0 Å². The number of anilines is 2. The van der Waals surface area contributed by atoms with Gasteiger partial charge in [-0.25, -0.2) is 10.4 Å². The third-order valence-corrected chi connectivity index (χ3v) is 2.95. The summed E-state index contributed by atoms with van der Waals surface area (Å²) in [5, 5.41) is 12.5. The van der Waals surface area contributed by atoms with Crippen LogP contribution in [-0.2, 0) is 0 Å². The molecule has 0 radical (unpaired) electrons. The Bertz CT molecular complexity index is 505. The standard InChI is InChI=1S/C12H17N5O3/c13-9-5-7-8(6-10(9)14)12(20)17(11(7)19)16-2-1-15-3-4-18/h5-6,15-16,18H,1-4,13-14H2. The maximum absolute atomic E-state index is 12.1. The molecule has 0 atom stereocenters. The Kier molecular flexibility index (Phi) is 4.18. The van der Waals surface area contributed by atoms with Crippen LogP contribution < -0.4 is 22.2 Å². The maximum Gasteiger partial charge on any atom is 0.276 e.